The summed E-state index contributed by atoms with van der Waals surface area (Å²) in [4.78, 5) is 43.8. The van der Waals surface area contributed by atoms with Crippen molar-refractivity contribution in [2.24, 2.45) is 5.92 Å². The zero-order valence-corrected chi connectivity index (χ0v) is 20.9. The normalized spacial score (nSPS) is 23.2. The van der Waals surface area contributed by atoms with Crippen LogP contribution in [0, 0.1) is 5.92 Å². The molecule has 0 bridgehead atoms. The number of imide groups is 1. The zero-order chi connectivity index (χ0) is 25.3. The van der Waals surface area contributed by atoms with Crippen LogP contribution >= 0.6 is 0 Å². The Balaban J connectivity index is 1.46. The molecule has 0 spiro atoms. The zero-order valence-electron chi connectivity index (χ0n) is 20.9. The van der Waals surface area contributed by atoms with E-state index < -0.39 is 17.5 Å². The molecule has 2 atom stereocenters. The third-order valence-corrected chi connectivity index (χ3v) is 8.01. The van der Waals surface area contributed by atoms with Gasteiger partial charge in [-0.1, -0.05) is 37.1 Å². The molecule has 3 fully saturated rings. The van der Waals surface area contributed by atoms with Crippen LogP contribution in [0.25, 0.3) is 0 Å². The number of hydrogen-bond acceptors (Lipinski definition) is 5. The maximum atomic E-state index is 14.1. The number of nitrogens with zero attached hydrogens (tertiary/aromatic N) is 2. The number of hydrogen-bond donors (Lipinski definition) is 1. The fourth-order valence-electron chi connectivity index (χ4n) is 6.12. The standard InChI is InChI=1S/C28H33N3O5/c1-35-22-13-9-20(10-14-22)28(21-11-15-23(36-2)16-12-21)26(33)31(27(34)29-28)18-25(32)30-17-5-7-19-6-3-4-8-24(19)30/h9-16,19,24H,3-8,17-18H2,1-2H3,(H,29,34)/t19-,24+/m1/s1. The van der Waals surface area contributed by atoms with Crippen molar-refractivity contribution in [2.45, 2.75) is 50.1 Å². The Morgan fingerprint density at radius 2 is 1.44 bits per heavy atom. The van der Waals surface area contributed by atoms with Gasteiger partial charge >= 0.3 is 6.03 Å². The monoisotopic (exact) mass is 491 g/mol. The van der Waals surface area contributed by atoms with Gasteiger partial charge in [-0.2, -0.15) is 0 Å². The van der Waals surface area contributed by atoms with Crippen LogP contribution in [0.1, 0.15) is 49.7 Å². The van der Waals surface area contributed by atoms with Crippen molar-refractivity contribution in [3.05, 3.63) is 59.7 Å². The highest BCUT2D eigenvalue weighted by Gasteiger charge is 2.54. The minimum absolute atomic E-state index is 0.157. The van der Waals surface area contributed by atoms with E-state index in [0.29, 0.717) is 35.1 Å². The highest BCUT2D eigenvalue weighted by Crippen LogP contribution is 2.39. The first kappa shape index (κ1) is 24.2. The van der Waals surface area contributed by atoms with Gasteiger partial charge in [0.15, 0.2) is 5.54 Å². The molecule has 2 saturated heterocycles. The summed E-state index contributed by atoms with van der Waals surface area (Å²) in [6.45, 7) is 0.424. The van der Waals surface area contributed by atoms with E-state index in [0.717, 1.165) is 37.0 Å². The lowest BCUT2D eigenvalue weighted by Crippen LogP contribution is -2.53. The van der Waals surface area contributed by atoms with E-state index >= 15 is 0 Å². The van der Waals surface area contributed by atoms with E-state index in [1.165, 1.54) is 6.42 Å². The Hall–Kier alpha value is -3.55. The lowest BCUT2D eigenvalue weighted by Gasteiger charge is -2.44. The number of urea groups is 1. The van der Waals surface area contributed by atoms with Crippen molar-refractivity contribution in [2.75, 3.05) is 27.3 Å². The SMILES string of the molecule is COc1ccc(C2(c3ccc(OC)cc3)NC(=O)N(CC(=O)N3CCC[C@H]4CCCC[C@@H]43)C2=O)cc1. The van der Waals surface area contributed by atoms with Crippen molar-refractivity contribution < 1.29 is 23.9 Å². The third kappa shape index (κ3) is 4.08. The van der Waals surface area contributed by atoms with Crippen LogP contribution in [-0.2, 0) is 15.1 Å². The van der Waals surface area contributed by atoms with E-state index in [1.54, 1.807) is 62.8 Å². The minimum Gasteiger partial charge on any atom is -0.497 e. The van der Waals surface area contributed by atoms with Gasteiger partial charge in [-0.05, 0) is 67.0 Å². The Bertz CT molecular complexity index is 1080. The lowest BCUT2D eigenvalue weighted by molar-refractivity contribution is -0.142. The van der Waals surface area contributed by atoms with Gasteiger partial charge in [0.2, 0.25) is 5.91 Å². The van der Waals surface area contributed by atoms with Crippen molar-refractivity contribution >= 4 is 17.8 Å². The first-order valence-corrected chi connectivity index (χ1v) is 12.7. The van der Waals surface area contributed by atoms with Crippen LogP contribution < -0.4 is 14.8 Å². The molecule has 36 heavy (non-hydrogen) atoms. The van der Waals surface area contributed by atoms with Crippen molar-refractivity contribution in [1.29, 1.82) is 0 Å². The summed E-state index contributed by atoms with van der Waals surface area (Å²) in [6.07, 6.45) is 6.59. The number of carbonyl (C=O) groups is 3. The Labute approximate surface area is 211 Å². The van der Waals surface area contributed by atoms with Crippen LogP contribution in [0.4, 0.5) is 4.79 Å². The molecular formula is C28H33N3O5. The van der Waals surface area contributed by atoms with E-state index in [2.05, 4.69) is 5.32 Å². The molecule has 5 rings (SSSR count). The van der Waals surface area contributed by atoms with E-state index in [9.17, 15) is 14.4 Å². The van der Waals surface area contributed by atoms with Crippen molar-refractivity contribution in [3.8, 4) is 11.5 Å². The van der Waals surface area contributed by atoms with Gasteiger partial charge in [-0.3, -0.25) is 14.5 Å². The third-order valence-electron chi connectivity index (χ3n) is 8.01. The second-order valence-electron chi connectivity index (χ2n) is 9.87. The average molecular weight is 492 g/mol. The number of carbonyl (C=O) groups excluding carboxylic acids is 3. The number of rotatable bonds is 6. The molecule has 1 aliphatic carbocycles. The van der Waals surface area contributed by atoms with Crippen LogP contribution in [-0.4, -0.2) is 61.0 Å². The molecule has 8 heteroatoms. The Morgan fingerprint density at radius 1 is 0.889 bits per heavy atom. The molecule has 3 aliphatic rings. The molecule has 2 aliphatic heterocycles. The van der Waals surface area contributed by atoms with Gasteiger partial charge in [0.25, 0.3) is 5.91 Å². The van der Waals surface area contributed by atoms with Crippen LogP contribution in [0.3, 0.4) is 0 Å². The Morgan fingerprint density at radius 3 is 2.03 bits per heavy atom. The van der Waals surface area contributed by atoms with Gasteiger partial charge < -0.3 is 19.7 Å². The molecule has 190 valence electrons. The predicted molar refractivity (Wildman–Crippen MR) is 134 cm³/mol. The fourth-order valence-corrected chi connectivity index (χ4v) is 6.12. The van der Waals surface area contributed by atoms with E-state index in [1.807, 2.05) is 4.90 Å². The first-order valence-electron chi connectivity index (χ1n) is 12.7. The van der Waals surface area contributed by atoms with Crippen LogP contribution in [0.2, 0.25) is 0 Å². The fraction of sp³-hybridized carbons (Fsp3) is 0.464. The van der Waals surface area contributed by atoms with Gasteiger partial charge in [0.1, 0.15) is 18.0 Å². The summed E-state index contributed by atoms with van der Waals surface area (Å²) < 4.78 is 10.6. The van der Waals surface area contributed by atoms with Gasteiger partial charge in [0, 0.05) is 12.6 Å². The van der Waals surface area contributed by atoms with Crippen molar-refractivity contribution in [3.63, 3.8) is 0 Å². The highest BCUT2D eigenvalue weighted by molar-refractivity contribution is 6.11. The summed E-state index contributed by atoms with van der Waals surface area (Å²) in [5.74, 6) is 1.18. The molecule has 4 amide bonds. The predicted octanol–water partition coefficient (Wildman–Crippen LogP) is 3.68. The van der Waals surface area contributed by atoms with Gasteiger partial charge in [0.05, 0.1) is 14.2 Å². The molecule has 8 nitrogen and oxygen atoms in total. The summed E-state index contributed by atoms with van der Waals surface area (Å²) in [6, 6.07) is 13.7. The van der Waals surface area contributed by atoms with Crippen molar-refractivity contribution in [1.82, 2.24) is 15.1 Å². The molecule has 2 aromatic rings. The molecule has 0 radical (unpaired) electrons. The minimum atomic E-state index is -1.45. The highest BCUT2D eigenvalue weighted by atomic mass is 16.5. The molecule has 0 unspecified atom stereocenters. The second kappa shape index (κ2) is 9.84. The van der Waals surface area contributed by atoms with E-state index in [4.69, 9.17) is 9.47 Å². The second-order valence-corrected chi connectivity index (χ2v) is 9.87. The summed E-state index contributed by atoms with van der Waals surface area (Å²) in [5.41, 5.74) is -0.273. The van der Waals surface area contributed by atoms with Crippen LogP contribution in [0.5, 0.6) is 11.5 Å². The maximum absolute atomic E-state index is 14.1. The molecule has 2 heterocycles. The first-order chi connectivity index (χ1) is 17.5. The van der Waals surface area contributed by atoms with Gasteiger partial charge in [-0.15, -0.1) is 0 Å². The number of ether oxygens (including phenoxy) is 2. The molecule has 2 aromatic carbocycles. The van der Waals surface area contributed by atoms with E-state index in [-0.39, 0.29) is 18.5 Å². The quantitative estimate of drug-likeness (QED) is 0.623. The summed E-state index contributed by atoms with van der Waals surface area (Å²) in [7, 11) is 3.14. The smallest absolute Gasteiger partial charge is 0.326 e. The van der Waals surface area contributed by atoms with Crippen LogP contribution in [0.15, 0.2) is 48.5 Å². The number of nitrogens with one attached hydrogen (secondary N) is 1. The van der Waals surface area contributed by atoms with Gasteiger partial charge in [-0.25, -0.2) is 4.79 Å². The molecule has 1 saturated carbocycles. The maximum Gasteiger partial charge on any atom is 0.326 e. The molecule has 1 N–H and O–H groups in total. The summed E-state index contributed by atoms with van der Waals surface area (Å²) >= 11 is 0. The number of fused-ring (bicyclic) bond motifs is 1. The summed E-state index contributed by atoms with van der Waals surface area (Å²) in [5, 5.41) is 2.92. The number of piperidine rings is 1. The number of benzene rings is 2. The number of amides is 4. The molecule has 0 aromatic heterocycles. The topological polar surface area (TPSA) is 88.2 Å². The number of methoxy groups -OCH3 is 2. The number of likely N-dealkylation sites (tertiary alicyclic amines) is 1. The Kier molecular flexibility index (Phi) is 6.60. The molecular weight excluding hydrogens is 458 g/mol. The lowest BCUT2D eigenvalue weighted by atomic mass is 9.78. The largest absolute Gasteiger partial charge is 0.497 e. The average Bonchev–Trinajstić information content (AvgIpc) is 3.18.